The van der Waals surface area contributed by atoms with E-state index in [0.717, 1.165) is 12.1 Å². The zero-order valence-electron chi connectivity index (χ0n) is 13.1. The average molecular weight is 377 g/mol. The Morgan fingerprint density at radius 3 is 2.54 bits per heavy atom. The molecule has 10 heteroatoms. The normalized spacial score (nSPS) is 11.2. The van der Waals surface area contributed by atoms with Crippen LogP contribution in [0.1, 0.15) is 0 Å². The molecule has 4 N–H and O–H groups in total. The summed E-state index contributed by atoms with van der Waals surface area (Å²) in [6, 6.07) is 10.4. The van der Waals surface area contributed by atoms with E-state index < -0.39 is 21.7 Å². The van der Waals surface area contributed by atoms with E-state index in [1.807, 2.05) is 0 Å². The van der Waals surface area contributed by atoms with Crippen molar-refractivity contribution in [2.24, 2.45) is 5.14 Å². The van der Waals surface area contributed by atoms with Crippen molar-refractivity contribution in [3.8, 4) is 0 Å². The van der Waals surface area contributed by atoms with Crippen LogP contribution < -0.4 is 15.8 Å². The number of rotatable bonds is 5. The molecule has 1 aromatic heterocycles. The molecule has 1 heterocycles. The lowest BCUT2D eigenvalue weighted by Gasteiger charge is -2.09. The SMILES string of the molecule is NS(=O)(=O)c1cccc(Nc2nccc(Nc3ccc(F)cc3F)n2)c1. The molecule has 3 rings (SSSR count). The third-order valence-corrected chi connectivity index (χ3v) is 4.18. The quantitative estimate of drug-likeness (QED) is 0.631. The van der Waals surface area contributed by atoms with Crippen molar-refractivity contribution in [1.82, 2.24) is 9.97 Å². The molecule has 0 saturated heterocycles. The topological polar surface area (TPSA) is 110 Å². The smallest absolute Gasteiger partial charge is 0.238 e. The number of nitrogens with two attached hydrogens (primary N) is 1. The Morgan fingerprint density at radius 2 is 1.81 bits per heavy atom. The van der Waals surface area contributed by atoms with E-state index in [9.17, 15) is 17.2 Å². The van der Waals surface area contributed by atoms with E-state index in [-0.39, 0.29) is 22.3 Å². The molecule has 3 aromatic rings. The number of nitrogens with zero attached hydrogens (tertiary/aromatic N) is 2. The van der Waals surface area contributed by atoms with Gasteiger partial charge in [-0.3, -0.25) is 0 Å². The summed E-state index contributed by atoms with van der Waals surface area (Å²) in [7, 11) is -3.84. The largest absolute Gasteiger partial charge is 0.338 e. The van der Waals surface area contributed by atoms with Gasteiger partial charge in [-0.15, -0.1) is 0 Å². The van der Waals surface area contributed by atoms with Crippen LogP contribution in [0.25, 0.3) is 0 Å². The predicted molar refractivity (Wildman–Crippen MR) is 92.8 cm³/mol. The highest BCUT2D eigenvalue weighted by molar-refractivity contribution is 7.89. The predicted octanol–water partition coefficient (Wildman–Crippen LogP) is 2.89. The van der Waals surface area contributed by atoms with Gasteiger partial charge in [0.05, 0.1) is 10.6 Å². The van der Waals surface area contributed by atoms with Gasteiger partial charge in [-0.1, -0.05) is 6.07 Å². The molecular weight excluding hydrogens is 364 g/mol. The highest BCUT2D eigenvalue weighted by Gasteiger charge is 2.09. The van der Waals surface area contributed by atoms with Crippen molar-refractivity contribution < 1.29 is 17.2 Å². The van der Waals surface area contributed by atoms with Gasteiger partial charge >= 0.3 is 0 Å². The summed E-state index contributed by atoms with van der Waals surface area (Å²) in [5.74, 6) is -1.05. The lowest BCUT2D eigenvalue weighted by atomic mass is 10.3. The Morgan fingerprint density at radius 1 is 1.00 bits per heavy atom. The van der Waals surface area contributed by atoms with Gasteiger partial charge in [-0.25, -0.2) is 27.3 Å². The number of nitrogens with one attached hydrogen (secondary N) is 2. The fourth-order valence-electron chi connectivity index (χ4n) is 2.10. The number of benzene rings is 2. The van der Waals surface area contributed by atoms with E-state index in [1.54, 1.807) is 6.07 Å². The second-order valence-corrected chi connectivity index (χ2v) is 6.77. The van der Waals surface area contributed by atoms with Crippen LogP contribution in [0.2, 0.25) is 0 Å². The van der Waals surface area contributed by atoms with E-state index in [2.05, 4.69) is 20.6 Å². The third-order valence-electron chi connectivity index (χ3n) is 3.27. The first kappa shape index (κ1) is 17.7. The van der Waals surface area contributed by atoms with Crippen LogP contribution in [0.5, 0.6) is 0 Å². The summed E-state index contributed by atoms with van der Waals surface area (Å²) in [6.07, 6.45) is 1.42. The summed E-state index contributed by atoms with van der Waals surface area (Å²) in [4.78, 5) is 8.09. The van der Waals surface area contributed by atoms with Crippen molar-refractivity contribution in [3.63, 3.8) is 0 Å². The molecule has 0 fully saturated rings. The van der Waals surface area contributed by atoms with Crippen molar-refractivity contribution in [1.29, 1.82) is 0 Å². The molecule has 134 valence electrons. The second-order valence-electron chi connectivity index (χ2n) is 5.21. The molecule has 0 aliphatic heterocycles. The first-order valence-corrected chi connectivity index (χ1v) is 8.81. The lowest BCUT2D eigenvalue weighted by molar-refractivity contribution is 0.586. The molecule has 0 radical (unpaired) electrons. The maximum atomic E-state index is 13.7. The molecule has 0 spiro atoms. The Labute approximate surface area is 148 Å². The molecule has 7 nitrogen and oxygen atoms in total. The molecule has 0 saturated carbocycles. The van der Waals surface area contributed by atoms with Gasteiger partial charge in [-0.05, 0) is 36.4 Å². The number of hydrogen-bond acceptors (Lipinski definition) is 6. The molecule has 2 aromatic carbocycles. The van der Waals surface area contributed by atoms with Crippen molar-refractivity contribution >= 4 is 33.2 Å². The standard InChI is InChI=1S/C16H13F2N5O2S/c17-10-4-5-14(13(18)8-10)22-15-6-7-20-16(23-15)21-11-2-1-3-12(9-11)26(19,24)25/h1-9H,(H2,19,24,25)(H2,20,21,22,23). The van der Waals surface area contributed by atoms with E-state index in [0.29, 0.717) is 5.69 Å². The van der Waals surface area contributed by atoms with Crippen LogP contribution in [-0.2, 0) is 10.0 Å². The van der Waals surface area contributed by atoms with Gasteiger partial charge in [-0.2, -0.15) is 4.98 Å². The molecular formula is C16H13F2N5O2S. The van der Waals surface area contributed by atoms with Crippen molar-refractivity contribution in [3.05, 3.63) is 66.4 Å². The number of hydrogen-bond donors (Lipinski definition) is 3. The van der Waals surface area contributed by atoms with Gasteiger partial charge in [0.15, 0.2) is 0 Å². The van der Waals surface area contributed by atoms with Gasteiger partial charge in [0.2, 0.25) is 16.0 Å². The van der Waals surface area contributed by atoms with Crippen LogP contribution in [0.4, 0.5) is 31.9 Å². The van der Waals surface area contributed by atoms with E-state index in [4.69, 9.17) is 5.14 Å². The summed E-state index contributed by atoms with van der Waals surface area (Å²) < 4.78 is 49.5. The lowest BCUT2D eigenvalue weighted by Crippen LogP contribution is -2.12. The summed E-state index contributed by atoms with van der Waals surface area (Å²) in [5.41, 5.74) is 0.453. The summed E-state index contributed by atoms with van der Waals surface area (Å²) >= 11 is 0. The number of primary sulfonamides is 1. The van der Waals surface area contributed by atoms with Gasteiger partial charge < -0.3 is 10.6 Å². The summed E-state index contributed by atoms with van der Waals surface area (Å²) in [6.45, 7) is 0. The number of aromatic nitrogens is 2. The fourth-order valence-corrected chi connectivity index (χ4v) is 2.66. The fraction of sp³-hybridized carbons (Fsp3) is 0. The molecule has 0 aliphatic rings. The van der Waals surface area contributed by atoms with Crippen LogP contribution in [0, 0.1) is 11.6 Å². The third kappa shape index (κ3) is 4.29. The minimum atomic E-state index is -3.84. The van der Waals surface area contributed by atoms with E-state index >= 15 is 0 Å². The first-order chi connectivity index (χ1) is 12.3. The monoisotopic (exact) mass is 377 g/mol. The summed E-state index contributed by atoms with van der Waals surface area (Å²) in [5, 5.41) is 10.6. The average Bonchev–Trinajstić information content (AvgIpc) is 2.57. The Hall–Kier alpha value is -3.11. The van der Waals surface area contributed by atoms with Crippen LogP contribution in [-0.4, -0.2) is 18.4 Å². The minimum absolute atomic E-state index is 0.0484. The van der Waals surface area contributed by atoms with Crippen molar-refractivity contribution in [2.75, 3.05) is 10.6 Å². The van der Waals surface area contributed by atoms with Gasteiger partial charge in [0.1, 0.15) is 17.5 Å². The van der Waals surface area contributed by atoms with Crippen LogP contribution >= 0.6 is 0 Å². The van der Waals surface area contributed by atoms with Gasteiger partial charge in [0, 0.05) is 18.0 Å². The van der Waals surface area contributed by atoms with E-state index in [1.165, 1.54) is 36.5 Å². The zero-order valence-corrected chi connectivity index (χ0v) is 14.0. The molecule has 0 bridgehead atoms. The van der Waals surface area contributed by atoms with Gasteiger partial charge in [0.25, 0.3) is 0 Å². The molecule has 0 amide bonds. The maximum Gasteiger partial charge on any atom is 0.238 e. The number of sulfonamides is 1. The first-order valence-electron chi connectivity index (χ1n) is 7.26. The Bertz CT molecular complexity index is 1060. The molecule has 26 heavy (non-hydrogen) atoms. The van der Waals surface area contributed by atoms with Crippen molar-refractivity contribution in [2.45, 2.75) is 4.90 Å². The molecule has 0 unspecified atom stereocenters. The zero-order chi connectivity index (χ0) is 18.7. The minimum Gasteiger partial charge on any atom is -0.338 e. The number of halogens is 2. The van der Waals surface area contributed by atoms with Crippen LogP contribution in [0.15, 0.2) is 59.6 Å². The Kier molecular flexibility index (Phi) is 4.78. The maximum absolute atomic E-state index is 13.7. The highest BCUT2D eigenvalue weighted by atomic mass is 32.2. The Balaban J connectivity index is 1.82. The number of anilines is 4. The highest BCUT2D eigenvalue weighted by Crippen LogP contribution is 2.21. The molecule has 0 atom stereocenters. The van der Waals surface area contributed by atoms with Crippen LogP contribution in [0.3, 0.4) is 0 Å². The molecule has 0 aliphatic carbocycles. The second kappa shape index (κ2) is 7.02.